The second kappa shape index (κ2) is 6.52. The Labute approximate surface area is 115 Å². The first-order chi connectivity index (χ1) is 8.79. The lowest BCUT2D eigenvalue weighted by Crippen LogP contribution is -2.06. The molecule has 1 aromatic heterocycles. The molecule has 1 aromatic carbocycles. The zero-order valence-corrected chi connectivity index (χ0v) is 11.8. The van der Waals surface area contributed by atoms with Gasteiger partial charge in [0.25, 0.3) is 0 Å². The molecule has 2 rings (SSSR count). The van der Waals surface area contributed by atoms with Crippen LogP contribution in [0, 0.1) is 0 Å². The molecule has 0 atom stereocenters. The molecule has 0 aliphatic heterocycles. The van der Waals surface area contributed by atoms with E-state index in [0.29, 0.717) is 6.61 Å². The number of pyridine rings is 1. The van der Waals surface area contributed by atoms with Crippen molar-refractivity contribution >= 4 is 15.9 Å². The molecule has 0 fully saturated rings. The Kier molecular flexibility index (Phi) is 4.73. The van der Waals surface area contributed by atoms with Crippen molar-refractivity contribution in [3.8, 4) is 5.75 Å². The summed E-state index contributed by atoms with van der Waals surface area (Å²) in [5.41, 5.74) is 2.09. The van der Waals surface area contributed by atoms with Gasteiger partial charge in [0.15, 0.2) is 0 Å². The Morgan fingerprint density at radius 2 is 2.06 bits per heavy atom. The molecule has 3 nitrogen and oxygen atoms in total. The van der Waals surface area contributed by atoms with E-state index in [4.69, 9.17) is 4.74 Å². The maximum Gasteiger partial charge on any atom is 0.134 e. The quantitative estimate of drug-likeness (QED) is 0.921. The maximum atomic E-state index is 5.70. The van der Waals surface area contributed by atoms with E-state index in [9.17, 15) is 0 Å². The highest BCUT2D eigenvalue weighted by molar-refractivity contribution is 9.10. The topological polar surface area (TPSA) is 34.1 Å². The first-order valence-corrected chi connectivity index (χ1v) is 6.54. The van der Waals surface area contributed by atoms with Gasteiger partial charge in [-0.2, -0.15) is 0 Å². The van der Waals surface area contributed by atoms with Gasteiger partial charge in [-0.15, -0.1) is 0 Å². The summed E-state index contributed by atoms with van der Waals surface area (Å²) in [5, 5.41) is 3.09. The molecule has 2 aromatic rings. The Morgan fingerprint density at radius 3 is 2.72 bits per heavy atom. The fraction of sp³-hybridized carbons (Fsp3) is 0.214. The number of ether oxygens (including phenoxy) is 1. The summed E-state index contributed by atoms with van der Waals surface area (Å²) in [6, 6.07) is 11.8. The monoisotopic (exact) mass is 306 g/mol. The lowest BCUT2D eigenvalue weighted by molar-refractivity contribution is 0.299. The number of halogens is 1. The SMILES string of the molecule is CNCc1ccc(COc2ccccc2Br)nc1. The van der Waals surface area contributed by atoms with Crippen molar-refractivity contribution in [2.75, 3.05) is 7.05 Å². The second-order valence-electron chi connectivity index (χ2n) is 3.91. The summed E-state index contributed by atoms with van der Waals surface area (Å²) in [6.45, 7) is 1.31. The van der Waals surface area contributed by atoms with Crippen molar-refractivity contribution in [2.24, 2.45) is 0 Å². The number of benzene rings is 1. The van der Waals surface area contributed by atoms with Crippen molar-refractivity contribution in [2.45, 2.75) is 13.2 Å². The highest BCUT2D eigenvalue weighted by atomic mass is 79.9. The third-order valence-corrected chi connectivity index (χ3v) is 3.13. The first-order valence-electron chi connectivity index (χ1n) is 5.75. The van der Waals surface area contributed by atoms with Crippen LogP contribution in [0.1, 0.15) is 11.3 Å². The summed E-state index contributed by atoms with van der Waals surface area (Å²) in [6.07, 6.45) is 1.87. The number of aromatic nitrogens is 1. The van der Waals surface area contributed by atoms with E-state index >= 15 is 0 Å². The van der Waals surface area contributed by atoms with E-state index in [2.05, 4.69) is 32.3 Å². The van der Waals surface area contributed by atoms with Gasteiger partial charge in [0, 0.05) is 12.7 Å². The molecule has 0 aliphatic rings. The molecular weight excluding hydrogens is 292 g/mol. The minimum atomic E-state index is 0.475. The van der Waals surface area contributed by atoms with Crippen LogP contribution in [0.3, 0.4) is 0 Å². The minimum absolute atomic E-state index is 0.475. The van der Waals surface area contributed by atoms with Gasteiger partial charge in [0.1, 0.15) is 12.4 Å². The van der Waals surface area contributed by atoms with Crippen molar-refractivity contribution in [1.29, 1.82) is 0 Å². The zero-order chi connectivity index (χ0) is 12.8. The highest BCUT2D eigenvalue weighted by Gasteiger charge is 2.01. The van der Waals surface area contributed by atoms with Crippen molar-refractivity contribution in [3.63, 3.8) is 0 Å². The molecule has 0 saturated heterocycles. The molecular formula is C14H15BrN2O. The van der Waals surface area contributed by atoms with Crippen LogP contribution in [0.4, 0.5) is 0 Å². The van der Waals surface area contributed by atoms with Crippen LogP contribution in [-0.4, -0.2) is 12.0 Å². The fourth-order valence-corrected chi connectivity index (χ4v) is 1.96. The molecule has 0 radical (unpaired) electrons. The number of para-hydroxylation sites is 1. The third kappa shape index (κ3) is 3.55. The molecule has 0 bridgehead atoms. The number of nitrogens with zero attached hydrogens (tertiary/aromatic N) is 1. The summed E-state index contributed by atoms with van der Waals surface area (Å²) >= 11 is 3.45. The normalized spacial score (nSPS) is 10.3. The Morgan fingerprint density at radius 1 is 1.22 bits per heavy atom. The Balaban J connectivity index is 1.96. The van der Waals surface area contributed by atoms with Crippen molar-refractivity contribution < 1.29 is 4.74 Å². The molecule has 0 aliphatic carbocycles. The highest BCUT2D eigenvalue weighted by Crippen LogP contribution is 2.24. The van der Waals surface area contributed by atoms with Crippen LogP contribution < -0.4 is 10.1 Å². The van der Waals surface area contributed by atoms with E-state index < -0.39 is 0 Å². The largest absolute Gasteiger partial charge is 0.486 e. The minimum Gasteiger partial charge on any atom is -0.486 e. The molecule has 4 heteroatoms. The van der Waals surface area contributed by atoms with Gasteiger partial charge in [0.2, 0.25) is 0 Å². The number of rotatable bonds is 5. The lowest BCUT2D eigenvalue weighted by Gasteiger charge is -2.08. The molecule has 1 heterocycles. The average Bonchev–Trinajstić information content (AvgIpc) is 2.40. The summed E-state index contributed by atoms with van der Waals surface area (Å²) in [4.78, 5) is 4.36. The molecule has 0 unspecified atom stereocenters. The van der Waals surface area contributed by atoms with Crippen molar-refractivity contribution in [3.05, 3.63) is 58.3 Å². The van der Waals surface area contributed by atoms with Gasteiger partial charge in [-0.25, -0.2) is 0 Å². The third-order valence-electron chi connectivity index (χ3n) is 2.48. The van der Waals surface area contributed by atoms with E-state index in [1.807, 2.05) is 43.6 Å². The van der Waals surface area contributed by atoms with Crippen LogP contribution in [0.15, 0.2) is 47.1 Å². The standard InChI is InChI=1S/C14H15BrN2O/c1-16-8-11-6-7-12(17-9-11)10-18-14-5-3-2-4-13(14)15/h2-7,9,16H,8,10H2,1H3. The van der Waals surface area contributed by atoms with Gasteiger partial charge in [-0.1, -0.05) is 18.2 Å². The predicted octanol–water partition coefficient (Wildman–Crippen LogP) is 3.14. The van der Waals surface area contributed by atoms with Crippen LogP contribution in [0.5, 0.6) is 5.75 Å². The number of nitrogens with one attached hydrogen (secondary N) is 1. The first kappa shape index (κ1) is 13.1. The van der Waals surface area contributed by atoms with Gasteiger partial charge < -0.3 is 10.1 Å². The summed E-state index contributed by atoms with van der Waals surface area (Å²) in [5.74, 6) is 0.832. The Bertz CT molecular complexity index is 499. The molecule has 0 spiro atoms. The Hall–Kier alpha value is -1.39. The summed E-state index contributed by atoms with van der Waals surface area (Å²) < 4.78 is 6.65. The molecule has 18 heavy (non-hydrogen) atoms. The molecule has 1 N–H and O–H groups in total. The maximum absolute atomic E-state index is 5.70. The van der Waals surface area contributed by atoms with E-state index in [-0.39, 0.29) is 0 Å². The van der Waals surface area contributed by atoms with Gasteiger partial charge >= 0.3 is 0 Å². The summed E-state index contributed by atoms with van der Waals surface area (Å²) in [7, 11) is 1.92. The van der Waals surface area contributed by atoms with Crippen LogP contribution in [-0.2, 0) is 13.2 Å². The van der Waals surface area contributed by atoms with Gasteiger partial charge in [-0.3, -0.25) is 4.98 Å². The fourth-order valence-electron chi connectivity index (χ4n) is 1.56. The van der Waals surface area contributed by atoms with E-state index in [1.165, 1.54) is 5.56 Å². The number of hydrogen-bond donors (Lipinski definition) is 1. The number of hydrogen-bond acceptors (Lipinski definition) is 3. The van der Waals surface area contributed by atoms with Crippen molar-refractivity contribution in [1.82, 2.24) is 10.3 Å². The smallest absolute Gasteiger partial charge is 0.134 e. The second-order valence-corrected chi connectivity index (χ2v) is 4.76. The molecule has 94 valence electrons. The van der Waals surface area contributed by atoms with Gasteiger partial charge in [-0.05, 0) is 46.7 Å². The van der Waals surface area contributed by atoms with E-state index in [0.717, 1.165) is 22.5 Å². The van der Waals surface area contributed by atoms with Crippen LogP contribution in [0.25, 0.3) is 0 Å². The van der Waals surface area contributed by atoms with Crippen LogP contribution in [0.2, 0.25) is 0 Å². The zero-order valence-electron chi connectivity index (χ0n) is 10.2. The molecule has 0 amide bonds. The van der Waals surface area contributed by atoms with Crippen LogP contribution >= 0.6 is 15.9 Å². The predicted molar refractivity (Wildman–Crippen MR) is 75.5 cm³/mol. The molecule has 0 saturated carbocycles. The van der Waals surface area contributed by atoms with E-state index in [1.54, 1.807) is 0 Å². The lowest BCUT2D eigenvalue weighted by atomic mass is 10.2. The average molecular weight is 307 g/mol. The van der Waals surface area contributed by atoms with Gasteiger partial charge in [0.05, 0.1) is 10.2 Å².